The lowest BCUT2D eigenvalue weighted by molar-refractivity contribution is 1.47. The molecule has 1 heteroatoms. The summed E-state index contributed by atoms with van der Waals surface area (Å²) < 4.78 is 2.73. The molecule has 0 unspecified atom stereocenters. The van der Waals surface area contributed by atoms with E-state index in [2.05, 4.69) is 110 Å². The Balaban J connectivity index is 1.67. The third-order valence-corrected chi connectivity index (χ3v) is 7.25. The van der Waals surface area contributed by atoms with E-state index in [0.717, 1.165) is 0 Å². The van der Waals surface area contributed by atoms with Crippen molar-refractivity contribution in [3.8, 4) is 22.3 Å². The van der Waals surface area contributed by atoms with Crippen LogP contribution in [0.3, 0.4) is 0 Å². The molecule has 6 aromatic rings. The maximum atomic E-state index is 2.27. The number of hydrogen-bond acceptors (Lipinski definition) is 1. The van der Waals surface area contributed by atoms with Gasteiger partial charge in [0.25, 0.3) is 0 Å². The third kappa shape index (κ3) is 2.67. The van der Waals surface area contributed by atoms with Crippen molar-refractivity contribution >= 4 is 42.3 Å². The van der Waals surface area contributed by atoms with Gasteiger partial charge in [0.05, 0.1) is 0 Å². The first-order valence-corrected chi connectivity index (χ1v) is 11.1. The first kappa shape index (κ1) is 17.4. The molecule has 6 rings (SSSR count). The van der Waals surface area contributed by atoms with Crippen LogP contribution in [0.1, 0.15) is 5.56 Å². The fraction of sp³-hybridized carbons (Fsp3) is 0.0345. The molecule has 0 bridgehead atoms. The zero-order valence-corrected chi connectivity index (χ0v) is 17.5. The molecule has 0 aliphatic rings. The highest BCUT2D eigenvalue weighted by atomic mass is 32.1. The van der Waals surface area contributed by atoms with Crippen LogP contribution in [0.4, 0.5) is 0 Å². The van der Waals surface area contributed by atoms with Crippen LogP contribution in [0.15, 0.2) is 103 Å². The summed E-state index contributed by atoms with van der Waals surface area (Å²) >= 11 is 1.92. The Hall–Kier alpha value is -3.42. The second kappa shape index (κ2) is 6.83. The average Bonchev–Trinajstić information content (AvgIpc) is 3.18. The van der Waals surface area contributed by atoms with E-state index in [1.165, 1.54) is 58.8 Å². The minimum absolute atomic E-state index is 1.28. The molecular formula is C29H20S. The first-order chi connectivity index (χ1) is 14.8. The van der Waals surface area contributed by atoms with Gasteiger partial charge < -0.3 is 0 Å². The van der Waals surface area contributed by atoms with E-state index < -0.39 is 0 Å². The highest BCUT2D eigenvalue weighted by Crippen LogP contribution is 2.44. The lowest BCUT2D eigenvalue weighted by Gasteiger charge is -2.08. The molecule has 0 aliphatic heterocycles. The highest BCUT2D eigenvalue weighted by Gasteiger charge is 2.14. The number of benzene rings is 5. The van der Waals surface area contributed by atoms with E-state index >= 15 is 0 Å². The number of aryl methyl sites for hydroxylation is 1. The van der Waals surface area contributed by atoms with Gasteiger partial charge in [0.1, 0.15) is 0 Å². The minimum atomic E-state index is 1.28. The molecule has 0 N–H and O–H groups in total. The summed E-state index contributed by atoms with van der Waals surface area (Å²) in [6, 6.07) is 37.6. The van der Waals surface area contributed by atoms with Crippen molar-refractivity contribution in [3.63, 3.8) is 0 Å². The summed E-state index contributed by atoms with van der Waals surface area (Å²) in [6.07, 6.45) is 0. The average molecular weight is 401 g/mol. The van der Waals surface area contributed by atoms with Gasteiger partial charge in [0.15, 0.2) is 0 Å². The molecule has 0 aliphatic carbocycles. The first-order valence-electron chi connectivity index (χ1n) is 10.3. The second-order valence-corrected chi connectivity index (χ2v) is 8.88. The quantitative estimate of drug-likeness (QED) is 0.272. The Labute approximate surface area is 180 Å². The van der Waals surface area contributed by atoms with Gasteiger partial charge in [-0.05, 0) is 34.4 Å². The van der Waals surface area contributed by atoms with E-state index in [4.69, 9.17) is 0 Å². The summed E-state index contributed by atoms with van der Waals surface area (Å²) in [7, 11) is 0. The maximum Gasteiger partial charge on any atom is 0.0434 e. The maximum absolute atomic E-state index is 2.27. The number of thiophene rings is 1. The molecule has 0 saturated carbocycles. The lowest BCUT2D eigenvalue weighted by Crippen LogP contribution is -1.81. The fourth-order valence-corrected chi connectivity index (χ4v) is 5.82. The van der Waals surface area contributed by atoms with Gasteiger partial charge in [-0.15, -0.1) is 11.3 Å². The molecule has 0 fully saturated rings. The molecule has 1 heterocycles. The van der Waals surface area contributed by atoms with Gasteiger partial charge in [-0.1, -0.05) is 109 Å². The van der Waals surface area contributed by atoms with E-state index in [0.29, 0.717) is 0 Å². The third-order valence-electron chi connectivity index (χ3n) is 5.97. The molecular weight excluding hydrogens is 380 g/mol. The van der Waals surface area contributed by atoms with Gasteiger partial charge in [-0.3, -0.25) is 0 Å². The molecule has 142 valence electrons. The second-order valence-electron chi connectivity index (χ2n) is 7.86. The molecule has 0 radical (unpaired) electrons. The number of rotatable bonds is 2. The normalized spacial score (nSPS) is 11.5. The zero-order valence-electron chi connectivity index (χ0n) is 16.7. The van der Waals surface area contributed by atoms with Gasteiger partial charge >= 0.3 is 0 Å². The summed E-state index contributed by atoms with van der Waals surface area (Å²) in [5.74, 6) is 0. The summed E-state index contributed by atoms with van der Waals surface area (Å²) in [5.41, 5.74) is 6.52. The molecule has 0 spiro atoms. The number of hydrogen-bond donors (Lipinski definition) is 0. The van der Waals surface area contributed by atoms with E-state index in [1.54, 1.807) is 0 Å². The van der Waals surface area contributed by atoms with Crippen molar-refractivity contribution in [1.29, 1.82) is 0 Å². The molecule has 1 aromatic heterocycles. The van der Waals surface area contributed by atoms with Crippen molar-refractivity contribution in [2.24, 2.45) is 0 Å². The smallest absolute Gasteiger partial charge is 0.0434 e. The van der Waals surface area contributed by atoms with Crippen LogP contribution in [0.5, 0.6) is 0 Å². The summed E-state index contributed by atoms with van der Waals surface area (Å²) in [6.45, 7) is 2.14. The van der Waals surface area contributed by atoms with Crippen LogP contribution in [0, 0.1) is 6.92 Å². The van der Waals surface area contributed by atoms with Crippen LogP contribution in [0.2, 0.25) is 0 Å². The SMILES string of the molecule is Cc1ccc(-c2cccc3c2sc2c(-c4cccc5ccccc45)cccc23)cc1. The Morgan fingerprint density at radius 2 is 1.03 bits per heavy atom. The molecule has 0 amide bonds. The zero-order chi connectivity index (χ0) is 20.1. The van der Waals surface area contributed by atoms with Crippen LogP contribution in [-0.4, -0.2) is 0 Å². The molecule has 5 aromatic carbocycles. The fourth-order valence-electron chi connectivity index (χ4n) is 4.45. The van der Waals surface area contributed by atoms with Gasteiger partial charge in [0, 0.05) is 25.7 Å². The van der Waals surface area contributed by atoms with Gasteiger partial charge in [0.2, 0.25) is 0 Å². The van der Waals surface area contributed by atoms with Gasteiger partial charge in [-0.25, -0.2) is 0 Å². The van der Waals surface area contributed by atoms with Crippen LogP contribution >= 0.6 is 11.3 Å². The molecule has 0 saturated heterocycles. The molecule has 30 heavy (non-hydrogen) atoms. The van der Waals surface area contributed by atoms with Crippen molar-refractivity contribution in [3.05, 3.63) is 109 Å². The Morgan fingerprint density at radius 1 is 0.467 bits per heavy atom. The summed E-state index contributed by atoms with van der Waals surface area (Å²) in [4.78, 5) is 0. The minimum Gasteiger partial charge on any atom is -0.134 e. The monoisotopic (exact) mass is 400 g/mol. The predicted molar refractivity (Wildman–Crippen MR) is 132 cm³/mol. The largest absolute Gasteiger partial charge is 0.134 e. The Bertz CT molecular complexity index is 1530. The molecule has 0 nitrogen and oxygen atoms in total. The van der Waals surface area contributed by atoms with Crippen LogP contribution in [-0.2, 0) is 0 Å². The standard InChI is InChI=1S/C29H20S/c1-19-15-17-21(18-16-19)23-10-5-13-26-27-14-6-12-25(29(27)30-28(23)26)24-11-4-8-20-7-2-3-9-22(20)24/h2-18H,1H3. The van der Waals surface area contributed by atoms with Crippen molar-refractivity contribution in [1.82, 2.24) is 0 Å². The lowest BCUT2D eigenvalue weighted by atomic mass is 9.96. The Kier molecular flexibility index (Phi) is 3.97. The van der Waals surface area contributed by atoms with E-state index in [9.17, 15) is 0 Å². The van der Waals surface area contributed by atoms with E-state index in [1.807, 2.05) is 11.3 Å². The van der Waals surface area contributed by atoms with Crippen LogP contribution in [0.25, 0.3) is 53.2 Å². The number of fused-ring (bicyclic) bond motifs is 4. The Morgan fingerprint density at radius 3 is 1.83 bits per heavy atom. The van der Waals surface area contributed by atoms with Gasteiger partial charge in [-0.2, -0.15) is 0 Å². The van der Waals surface area contributed by atoms with E-state index in [-0.39, 0.29) is 0 Å². The predicted octanol–water partition coefficient (Wildman–Crippen LogP) is 8.85. The summed E-state index contributed by atoms with van der Waals surface area (Å²) in [5, 5.41) is 5.28. The topological polar surface area (TPSA) is 0 Å². The van der Waals surface area contributed by atoms with Crippen LogP contribution < -0.4 is 0 Å². The molecule has 0 atom stereocenters. The van der Waals surface area contributed by atoms with Crippen molar-refractivity contribution in [2.45, 2.75) is 6.92 Å². The van der Waals surface area contributed by atoms with Crippen molar-refractivity contribution < 1.29 is 0 Å². The highest BCUT2D eigenvalue weighted by molar-refractivity contribution is 7.26. The van der Waals surface area contributed by atoms with Crippen molar-refractivity contribution in [2.75, 3.05) is 0 Å².